The number of hydrogen-bond acceptors (Lipinski definition) is 0. The maximum absolute atomic E-state index is 2.76. The monoisotopic (exact) mass is 384 g/mol. The molecule has 3 fully saturated rings. The number of rotatable bonds is 5. The van der Waals surface area contributed by atoms with Crippen LogP contribution in [0, 0.1) is 52.3 Å². The minimum Gasteiger partial charge on any atom is -0.0842 e. The van der Waals surface area contributed by atoms with Gasteiger partial charge in [0.1, 0.15) is 0 Å². The Morgan fingerprint density at radius 1 is 0.964 bits per heavy atom. The molecule has 4 aliphatic carbocycles. The van der Waals surface area contributed by atoms with Crippen LogP contribution in [0.3, 0.4) is 0 Å². The fourth-order valence-corrected chi connectivity index (χ4v) is 9.17. The van der Waals surface area contributed by atoms with Gasteiger partial charge in [0.15, 0.2) is 0 Å². The Bertz CT molecular complexity index is 585. The van der Waals surface area contributed by atoms with Gasteiger partial charge in [-0.25, -0.2) is 0 Å². The lowest BCUT2D eigenvalue weighted by atomic mass is 9.46. The fourth-order valence-electron chi connectivity index (χ4n) is 9.17. The summed E-state index contributed by atoms with van der Waals surface area (Å²) in [7, 11) is 0. The second-order valence-electron chi connectivity index (χ2n) is 12.5. The van der Waals surface area contributed by atoms with Crippen LogP contribution in [0.15, 0.2) is 11.6 Å². The van der Waals surface area contributed by atoms with Gasteiger partial charge in [0.2, 0.25) is 0 Å². The van der Waals surface area contributed by atoms with Crippen molar-refractivity contribution in [2.45, 2.75) is 112 Å². The molecule has 0 amide bonds. The van der Waals surface area contributed by atoms with E-state index in [9.17, 15) is 0 Å². The molecule has 4 aliphatic rings. The molecule has 0 heterocycles. The van der Waals surface area contributed by atoms with E-state index < -0.39 is 0 Å². The molecule has 0 aromatic rings. The minimum atomic E-state index is 0.545. The fraction of sp³-hybridized carbons (Fsp3) is 0.929. The molecule has 1 unspecified atom stereocenters. The third-order valence-corrected chi connectivity index (χ3v) is 10.6. The summed E-state index contributed by atoms with van der Waals surface area (Å²) in [5.74, 6) is 6.64. The van der Waals surface area contributed by atoms with Crippen LogP contribution in [0.5, 0.6) is 0 Å². The summed E-state index contributed by atoms with van der Waals surface area (Å²) in [6, 6.07) is 0. The van der Waals surface area contributed by atoms with E-state index in [0.717, 1.165) is 41.4 Å². The van der Waals surface area contributed by atoms with Crippen molar-refractivity contribution in [2.24, 2.45) is 52.3 Å². The topological polar surface area (TPSA) is 0 Å². The van der Waals surface area contributed by atoms with E-state index in [4.69, 9.17) is 0 Å². The Kier molecular flexibility index (Phi) is 5.83. The zero-order valence-corrected chi connectivity index (χ0v) is 19.9. The zero-order chi connectivity index (χ0) is 20.1. The van der Waals surface area contributed by atoms with Crippen molar-refractivity contribution in [3.05, 3.63) is 11.6 Å². The van der Waals surface area contributed by atoms with Crippen LogP contribution in [-0.4, -0.2) is 0 Å². The van der Waals surface area contributed by atoms with Gasteiger partial charge in [-0.1, -0.05) is 78.9 Å². The van der Waals surface area contributed by atoms with E-state index in [2.05, 4.69) is 47.6 Å². The maximum atomic E-state index is 2.76. The summed E-state index contributed by atoms with van der Waals surface area (Å²) in [6.45, 7) is 15.3. The van der Waals surface area contributed by atoms with Gasteiger partial charge in [-0.05, 0) is 97.2 Å². The molecule has 0 radical (unpaired) electrons. The molecule has 4 rings (SSSR count). The van der Waals surface area contributed by atoms with E-state index in [1.165, 1.54) is 70.6 Å². The van der Waals surface area contributed by atoms with Crippen molar-refractivity contribution < 1.29 is 0 Å². The molecule has 0 aromatic heterocycles. The second kappa shape index (κ2) is 7.77. The molecule has 3 saturated carbocycles. The van der Waals surface area contributed by atoms with Crippen LogP contribution in [0.2, 0.25) is 0 Å². The first kappa shape index (κ1) is 21.0. The van der Waals surface area contributed by atoms with Crippen LogP contribution >= 0.6 is 0 Å². The maximum Gasteiger partial charge on any atom is -0.00826 e. The van der Waals surface area contributed by atoms with E-state index in [0.29, 0.717) is 10.8 Å². The predicted molar refractivity (Wildman–Crippen MR) is 122 cm³/mol. The molecule has 8 atom stereocenters. The molecular formula is C28H48. The summed E-state index contributed by atoms with van der Waals surface area (Å²) < 4.78 is 0. The Hall–Kier alpha value is -0.260. The van der Waals surface area contributed by atoms with Gasteiger partial charge in [-0.3, -0.25) is 0 Å². The third-order valence-electron chi connectivity index (χ3n) is 10.6. The van der Waals surface area contributed by atoms with Gasteiger partial charge in [0.25, 0.3) is 0 Å². The Balaban J connectivity index is 1.50. The molecule has 0 nitrogen and oxygen atoms in total. The summed E-state index contributed by atoms with van der Waals surface area (Å²) in [4.78, 5) is 0. The van der Waals surface area contributed by atoms with E-state index in [-0.39, 0.29) is 0 Å². The van der Waals surface area contributed by atoms with Crippen molar-refractivity contribution in [2.75, 3.05) is 0 Å². The first-order chi connectivity index (χ1) is 13.3. The van der Waals surface area contributed by atoms with Gasteiger partial charge in [-0.2, -0.15) is 0 Å². The standard InChI is InChI=1S/C28H48/c1-19(2)9-7-10-20(3)24-14-15-25-22-12-13-23-21(4)11-8-17-27(23,5)26(22)16-18-28(24,25)6/h13,19-22,24-26H,7-12,14-18H2,1-6H3/t20-,21?,22+,24-,25+,26+,27+,28-/m1/s1. The van der Waals surface area contributed by atoms with Crippen LogP contribution in [0.1, 0.15) is 112 Å². The lowest BCUT2D eigenvalue weighted by Gasteiger charge is -2.59. The molecule has 0 aliphatic heterocycles. The summed E-state index contributed by atoms with van der Waals surface area (Å²) in [5.41, 5.74) is 3.06. The van der Waals surface area contributed by atoms with Crippen LogP contribution in [0.25, 0.3) is 0 Å². The highest BCUT2D eigenvalue weighted by Crippen LogP contribution is 2.67. The van der Waals surface area contributed by atoms with Crippen molar-refractivity contribution >= 4 is 0 Å². The van der Waals surface area contributed by atoms with Crippen molar-refractivity contribution in [3.63, 3.8) is 0 Å². The van der Waals surface area contributed by atoms with Crippen molar-refractivity contribution in [1.29, 1.82) is 0 Å². The highest BCUT2D eigenvalue weighted by Gasteiger charge is 2.59. The molecule has 28 heavy (non-hydrogen) atoms. The molecule has 0 saturated heterocycles. The molecular weight excluding hydrogens is 336 g/mol. The lowest BCUT2D eigenvalue weighted by Crippen LogP contribution is -2.50. The van der Waals surface area contributed by atoms with Gasteiger partial charge in [0.05, 0.1) is 0 Å². The second-order valence-corrected chi connectivity index (χ2v) is 12.5. The number of hydrogen-bond donors (Lipinski definition) is 0. The van der Waals surface area contributed by atoms with E-state index in [1.807, 2.05) is 5.57 Å². The Labute approximate surface area is 176 Å². The van der Waals surface area contributed by atoms with Gasteiger partial charge in [0, 0.05) is 0 Å². The smallest absolute Gasteiger partial charge is 0.00826 e. The molecule has 0 spiro atoms. The van der Waals surface area contributed by atoms with Crippen LogP contribution in [-0.2, 0) is 0 Å². The van der Waals surface area contributed by atoms with Crippen molar-refractivity contribution in [3.8, 4) is 0 Å². The normalized spacial score (nSPS) is 46.5. The first-order valence-electron chi connectivity index (χ1n) is 13.0. The van der Waals surface area contributed by atoms with Gasteiger partial charge >= 0.3 is 0 Å². The van der Waals surface area contributed by atoms with Gasteiger partial charge in [-0.15, -0.1) is 0 Å². The highest BCUT2D eigenvalue weighted by atomic mass is 14.6. The van der Waals surface area contributed by atoms with Crippen LogP contribution in [0.4, 0.5) is 0 Å². The SMILES string of the molecule is CC(C)CCC[C@@H](C)[C@H]1CC[C@H]2[C@@H]3CC=C4C(C)CCC[C@]4(C)[C@H]3CC[C@]12C. The minimum absolute atomic E-state index is 0.545. The zero-order valence-electron chi connectivity index (χ0n) is 19.9. The number of fused-ring (bicyclic) bond motifs is 5. The summed E-state index contributed by atoms with van der Waals surface area (Å²) in [6.07, 6.45) is 19.0. The largest absolute Gasteiger partial charge is 0.0842 e. The Morgan fingerprint density at radius 2 is 1.75 bits per heavy atom. The van der Waals surface area contributed by atoms with Gasteiger partial charge < -0.3 is 0 Å². The Morgan fingerprint density at radius 3 is 2.50 bits per heavy atom. The van der Waals surface area contributed by atoms with Crippen LogP contribution < -0.4 is 0 Å². The lowest BCUT2D eigenvalue weighted by molar-refractivity contribution is -0.0530. The molecule has 0 aromatic carbocycles. The first-order valence-corrected chi connectivity index (χ1v) is 13.0. The molecule has 160 valence electrons. The highest BCUT2D eigenvalue weighted by molar-refractivity contribution is 5.26. The molecule has 0 N–H and O–H groups in total. The van der Waals surface area contributed by atoms with E-state index in [1.54, 1.807) is 0 Å². The van der Waals surface area contributed by atoms with E-state index >= 15 is 0 Å². The average molecular weight is 385 g/mol. The summed E-state index contributed by atoms with van der Waals surface area (Å²) in [5, 5.41) is 0. The number of allylic oxidation sites excluding steroid dienone is 2. The molecule has 0 bridgehead atoms. The average Bonchev–Trinajstić information content (AvgIpc) is 2.98. The predicted octanol–water partition coefficient (Wildman–Crippen LogP) is 8.66. The summed E-state index contributed by atoms with van der Waals surface area (Å²) >= 11 is 0. The third kappa shape index (κ3) is 3.33. The molecule has 0 heteroatoms. The quantitative estimate of drug-likeness (QED) is 0.416. The van der Waals surface area contributed by atoms with Crippen molar-refractivity contribution in [1.82, 2.24) is 0 Å².